The van der Waals surface area contributed by atoms with Crippen molar-refractivity contribution in [3.05, 3.63) is 0 Å². The molecule has 14 heavy (non-hydrogen) atoms. The zero-order chi connectivity index (χ0) is 11.2. The summed E-state index contributed by atoms with van der Waals surface area (Å²) in [6, 6.07) is 0. The van der Waals surface area contributed by atoms with Gasteiger partial charge >= 0.3 is 0 Å². The van der Waals surface area contributed by atoms with Gasteiger partial charge in [0.05, 0.1) is 6.54 Å². The highest BCUT2D eigenvalue weighted by atomic mass is 16.1. The molecule has 0 saturated carbocycles. The van der Waals surface area contributed by atoms with Crippen LogP contribution in [0, 0.1) is 5.41 Å². The molecule has 0 radical (unpaired) electrons. The second-order valence-electron chi connectivity index (χ2n) is 4.90. The minimum atomic E-state index is -0.195. The molecule has 0 spiro atoms. The molecule has 0 saturated heterocycles. The van der Waals surface area contributed by atoms with Crippen LogP contribution in [0.5, 0.6) is 0 Å². The molecule has 0 aromatic rings. The van der Waals surface area contributed by atoms with Gasteiger partial charge in [-0.2, -0.15) is 0 Å². The fourth-order valence-corrected chi connectivity index (χ4v) is 1.17. The average molecular weight is 199 g/mol. The molecular formula is C12H25NO. The van der Waals surface area contributed by atoms with Crippen LogP contribution in [-0.4, -0.2) is 30.3 Å². The molecule has 0 fully saturated rings. The van der Waals surface area contributed by atoms with Gasteiger partial charge in [0.25, 0.3) is 0 Å². The Bertz CT molecular complexity index is 170. The van der Waals surface area contributed by atoms with Crippen molar-refractivity contribution in [1.82, 2.24) is 4.90 Å². The fourth-order valence-electron chi connectivity index (χ4n) is 1.17. The SMILES string of the molecule is CCCCN(CC)CC(=O)C(C)(C)C. The molecule has 0 aliphatic carbocycles. The highest BCUT2D eigenvalue weighted by Gasteiger charge is 2.22. The highest BCUT2D eigenvalue weighted by Crippen LogP contribution is 2.15. The number of ketones is 1. The van der Waals surface area contributed by atoms with Gasteiger partial charge in [0.1, 0.15) is 0 Å². The minimum Gasteiger partial charge on any atom is -0.298 e. The van der Waals surface area contributed by atoms with Crippen LogP contribution in [-0.2, 0) is 4.79 Å². The second kappa shape index (κ2) is 6.18. The standard InChI is InChI=1S/C12H25NO/c1-6-8-9-13(7-2)10-11(14)12(3,4)5/h6-10H2,1-5H3. The Labute approximate surface area is 88.7 Å². The zero-order valence-electron chi connectivity index (χ0n) is 10.4. The smallest absolute Gasteiger partial charge is 0.152 e. The molecule has 0 aromatic heterocycles. The topological polar surface area (TPSA) is 20.3 Å². The van der Waals surface area contributed by atoms with E-state index in [2.05, 4.69) is 18.7 Å². The molecule has 0 aliphatic rings. The van der Waals surface area contributed by atoms with E-state index >= 15 is 0 Å². The normalized spacial score (nSPS) is 12.1. The molecule has 0 rings (SSSR count). The van der Waals surface area contributed by atoms with Crippen LogP contribution in [0.4, 0.5) is 0 Å². The molecule has 2 nitrogen and oxygen atoms in total. The molecule has 2 heteroatoms. The lowest BCUT2D eigenvalue weighted by atomic mass is 9.90. The van der Waals surface area contributed by atoms with Crippen molar-refractivity contribution in [2.45, 2.75) is 47.5 Å². The van der Waals surface area contributed by atoms with Crippen LogP contribution in [0.25, 0.3) is 0 Å². The van der Waals surface area contributed by atoms with E-state index < -0.39 is 0 Å². The van der Waals surface area contributed by atoms with Crippen molar-refractivity contribution in [3.8, 4) is 0 Å². The summed E-state index contributed by atoms with van der Waals surface area (Å²) in [4.78, 5) is 14.0. The molecule has 0 unspecified atom stereocenters. The van der Waals surface area contributed by atoms with Crippen molar-refractivity contribution in [1.29, 1.82) is 0 Å². The van der Waals surface area contributed by atoms with Crippen LogP contribution < -0.4 is 0 Å². The first-order valence-electron chi connectivity index (χ1n) is 5.67. The van der Waals surface area contributed by atoms with Crippen molar-refractivity contribution >= 4 is 5.78 Å². The summed E-state index contributed by atoms with van der Waals surface area (Å²) in [5.41, 5.74) is -0.195. The Kier molecular flexibility index (Phi) is 6.01. The zero-order valence-corrected chi connectivity index (χ0v) is 10.4. The molecule has 0 aromatic carbocycles. The molecule has 0 amide bonds. The van der Waals surface area contributed by atoms with E-state index in [-0.39, 0.29) is 5.41 Å². The molecule has 0 aliphatic heterocycles. The van der Waals surface area contributed by atoms with Gasteiger partial charge in [0.15, 0.2) is 5.78 Å². The second-order valence-corrected chi connectivity index (χ2v) is 4.90. The van der Waals surface area contributed by atoms with Crippen molar-refractivity contribution in [3.63, 3.8) is 0 Å². The number of nitrogens with zero attached hydrogens (tertiary/aromatic N) is 1. The van der Waals surface area contributed by atoms with Gasteiger partial charge < -0.3 is 0 Å². The Morgan fingerprint density at radius 3 is 2.14 bits per heavy atom. The molecule has 0 N–H and O–H groups in total. The summed E-state index contributed by atoms with van der Waals surface area (Å²) in [6.45, 7) is 12.9. The van der Waals surface area contributed by atoms with E-state index in [4.69, 9.17) is 0 Å². The number of rotatable bonds is 6. The minimum absolute atomic E-state index is 0.195. The fraction of sp³-hybridized carbons (Fsp3) is 0.917. The highest BCUT2D eigenvalue weighted by molar-refractivity contribution is 5.85. The number of likely N-dealkylation sites (N-methyl/N-ethyl adjacent to an activating group) is 1. The van der Waals surface area contributed by atoms with E-state index in [1.54, 1.807) is 0 Å². The van der Waals surface area contributed by atoms with E-state index in [1.807, 2.05) is 20.8 Å². The Hall–Kier alpha value is -0.370. The van der Waals surface area contributed by atoms with E-state index in [1.165, 1.54) is 12.8 Å². The van der Waals surface area contributed by atoms with Crippen molar-refractivity contribution < 1.29 is 4.79 Å². The number of carbonyl (C=O) groups excluding carboxylic acids is 1. The predicted octanol–water partition coefficient (Wildman–Crippen LogP) is 2.72. The van der Waals surface area contributed by atoms with E-state index in [9.17, 15) is 4.79 Å². The lowest BCUT2D eigenvalue weighted by Crippen LogP contribution is -2.36. The Morgan fingerprint density at radius 1 is 1.21 bits per heavy atom. The molecule has 0 bridgehead atoms. The van der Waals surface area contributed by atoms with Gasteiger partial charge in [0, 0.05) is 5.41 Å². The van der Waals surface area contributed by atoms with Gasteiger partial charge in [-0.15, -0.1) is 0 Å². The molecule has 0 atom stereocenters. The third-order valence-electron chi connectivity index (χ3n) is 2.48. The van der Waals surface area contributed by atoms with E-state index in [0.29, 0.717) is 12.3 Å². The molecular weight excluding hydrogens is 174 g/mol. The quantitative estimate of drug-likeness (QED) is 0.655. The lowest BCUT2D eigenvalue weighted by Gasteiger charge is -2.24. The summed E-state index contributed by atoms with van der Waals surface area (Å²) >= 11 is 0. The van der Waals surface area contributed by atoms with Crippen molar-refractivity contribution in [2.75, 3.05) is 19.6 Å². The number of unbranched alkanes of at least 4 members (excludes halogenated alkanes) is 1. The molecule has 84 valence electrons. The third-order valence-corrected chi connectivity index (χ3v) is 2.48. The third kappa shape index (κ3) is 5.38. The number of Topliss-reactive ketones (excluding diaryl/α,β-unsaturated/α-hetero) is 1. The van der Waals surface area contributed by atoms with Gasteiger partial charge in [-0.25, -0.2) is 0 Å². The van der Waals surface area contributed by atoms with Crippen LogP contribution in [0.15, 0.2) is 0 Å². The number of hydrogen-bond acceptors (Lipinski definition) is 2. The Morgan fingerprint density at radius 2 is 1.79 bits per heavy atom. The number of hydrogen-bond donors (Lipinski definition) is 0. The van der Waals surface area contributed by atoms with Crippen LogP contribution in [0.3, 0.4) is 0 Å². The van der Waals surface area contributed by atoms with E-state index in [0.717, 1.165) is 13.1 Å². The number of carbonyl (C=O) groups is 1. The summed E-state index contributed by atoms with van der Waals surface area (Å²) in [5.74, 6) is 0.343. The summed E-state index contributed by atoms with van der Waals surface area (Å²) < 4.78 is 0. The average Bonchev–Trinajstić information content (AvgIpc) is 2.10. The summed E-state index contributed by atoms with van der Waals surface area (Å²) in [7, 11) is 0. The maximum atomic E-state index is 11.8. The van der Waals surface area contributed by atoms with Gasteiger partial charge in [-0.1, -0.05) is 41.0 Å². The monoisotopic (exact) mass is 199 g/mol. The van der Waals surface area contributed by atoms with Crippen molar-refractivity contribution in [2.24, 2.45) is 5.41 Å². The molecule has 0 heterocycles. The first-order valence-corrected chi connectivity index (χ1v) is 5.67. The lowest BCUT2D eigenvalue weighted by molar-refractivity contribution is -0.127. The summed E-state index contributed by atoms with van der Waals surface area (Å²) in [5, 5.41) is 0. The van der Waals surface area contributed by atoms with Crippen LogP contribution in [0.2, 0.25) is 0 Å². The first-order chi connectivity index (χ1) is 6.41. The first kappa shape index (κ1) is 13.6. The Balaban J connectivity index is 3.99. The summed E-state index contributed by atoms with van der Waals surface area (Å²) in [6.07, 6.45) is 2.38. The van der Waals surface area contributed by atoms with Gasteiger partial charge in [-0.05, 0) is 19.5 Å². The predicted molar refractivity (Wildman–Crippen MR) is 61.5 cm³/mol. The maximum absolute atomic E-state index is 11.8. The largest absolute Gasteiger partial charge is 0.298 e. The van der Waals surface area contributed by atoms with Gasteiger partial charge in [0.2, 0.25) is 0 Å². The van der Waals surface area contributed by atoms with Crippen LogP contribution >= 0.6 is 0 Å². The van der Waals surface area contributed by atoms with Crippen LogP contribution in [0.1, 0.15) is 47.5 Å². The maximum Gasteiger partial charge on any atom is 0.152 e. The van der Waals surface area contributed by atoms with Gasteiger partial charge in [-0.3, -0.25) is 9.69 Å².